The predicted molar refractivity (Wildman–Crippen MR) is 81.8 cm³/mol. The Balaban J connectivity index is 2.34. The molecule has 0 saturated heterocycles. The number of nitrogens with one attached hydrogen (secondary N) is 1. The van der Waals surface area contributed by atoms with E-state index in [0.717, 1.165) is 22.7 Å². The van der Waals surface area contributed by atoms with Gasteiger partial charge in [-0.15, -0.1) is 0 Å². The van der Waals surface area contributed by atoms with Crippen molar-refractivity contribution in [3.05, 3.63) is 72.7 Å². The van der Waals surface area contributed by atoms with E-state index < -0.39 is 27.1 Å². The molecule has 8 nitrogen and oxygen atoms in total. The van der Waals surface area contributed by atoms with E-state index in [1.165, 1.54) is 0 Å². The number of nitrogens with zero attached hydrogens (tertiary/aromatic N) is 2. The molecule has 0 heterocycles. The summed E-state index contributed by atoms with van der Waals surface area (Å²) in [5, 5.41) is 24.1. The normalized spacial score (nSPS) is 10.0. The van der Waals surface area contributed by atoms with Crippen LogP contribution in [-0.2, 0) is 0 Å². The summed E-state index contributed by atoms with van der Waals surface area (Å²) in [6.45, 7) is 0. The van der Waals surface area contributed by atoms with Gasteiger partial charge in [0.25, 0.3) is 17.3 Å². The summed E-state index contributed by atoms with van der Waals surface area (Å²) in [5.41, 5.74) is -0.880. The molecule has 0 aliphatic heterocycles. The number of nitro benzene ring substituents is 2. The zero-order valence-corrected chi connectivity index (χ0v) is 12.4. The highest BCUT2D eigenvalue weighted by Gasteiger charge is 2.24. The minimum Gasteiger partial charge on any atom is -0.322 e. The summed E-state index contributed by atoms with van der Waals surface area (Å²) in [4.78, 5) is 32.2. The third-order valence-corrected chi connectivity index (χ3v) is 3.26. The molecule has 22 heavy (non-hydrogen) atoms. The molecule has 0 aliphatic rings. The Morgan fingerprint density at radius 2 is 1.64 bits per heavy atom. The van der Waals surface area contributed by atoms with Gasteiger partial charge in [-0.3, -0.25) is 25.0 Å². The summed E-state index contributed by atoms with van der Waals surface area (Å²) in [5.74, 6) is -0.719. The molecule has 2 aromatic carbocycles. The fourth-order valence-corrected chi connectivity index (χ4v) is 1.97. The fourth-order valence-electron chi connectivity index (χ4n) is 1.71. The summed E-state index contributed by atoms with van der Waals surface area (Å²) in [7, 11) is 0. The second-order valence-electron chi connectivity index (χ2n) is 4.18. The SMILES string of the molecule is O=C(Nc1ccc(Br)cc1)c1ccc([N+](=O)[O-])cc1[N+](=O)[O-]. The lowest BCUT2D eigenvalue weighted by Crippen LogP contribution is -2.14. The molecule has 9 heteroatoms. The molecule has 0 aliphatic carbocycles. The summed E-state index contributed by atoms with van der Waals surface area (Å²) in [6, 6.07) is 9.47. The van der Waals surface area contributed by atoms with Crippen LogP contribution in [-0.4, -0.2) is 15.8 Å². The maximum absolute atomic E-state index is 12.1. The highest BCUT2D eigenvalue weighted by Crippen LogP contribution is 2.25. The quantitative estimate of drug-likeness (QED) is 0.657. The Kier molecular flexibility index (Phi) is 4.47. The first-order valence-corrected chi connectivity index (χ1v) is 6.67. The van der Waals surface area contributed by atoms with Crippen molar-refractivity contribution in [3.8, 4) is 0 Å². The highest BCUT2D eigenvalue weighted by atomic mass is 79.9. The number of carbonyl (C=O) groups is 1. The first kappa shape index (κ1) is 15.6. The van der Waals surface area contributed by atoms with Crippen LogP contribution >= 0.6 is 15.9 Å². The van der Waals surface area contributed by atoms with Gasteiger partial charge in [-0.25, -0.2) is 0 Å². The number of benzene rings is 2. The maximum Gasteiger partial charge on any atom is 0.289 e. The third kappa shape index (κ3) is 3.44. The van der Waals surface area contributed by atoms with Crippen LogP contribution in [0.15, 0.2) is 46.9 Å². The number of rotatable bonds is 4. The molecule has 1 N–H and O–H groups in total. The average molecular weight is 366 g/mol. The molecule has 112 valence electrons. The van der Waals surface area contributed by atoms with Gasteiger partial charge in [0.2, 0.25) is 0 Å². The number of amides is 1. The molecule has 0 spiro atoms. The van der Waals surface area contributed by atoms with E-state index in [-0.39, 0.29) is 5.56 Å². The van der Waals surface area contributed by atoms with Gasteiger partial charge in [-0.05, 0) is 30.3 Å². The van der Waals surface area contributed by atoms with Crippen LogP contribution in [0.4, 0.5) is 17.1 Å². The molecule has 2 aromatic rings. The molecule has 0 radical (unpaired) electrons. The average Bonchev–Trinajstić information content (AvgIpc) is 2.48. The molecule has 0 atom stereocenters. The molecule has 0 bridgehead atoms. The van der Waals surface area contributed by atoms with Gasteiger partial charge >= 0.3 is 0 Å². The van der Waals surface area contributed by atoms with Crippen molar-refractivity contribution in [2.24, 2.45) is 0 Å². The van der Waals surface area contributed by atoms with Gasteiger partial charge in [0, 0.05) is 16.2 Å². The van der Waals surface area contributed by atoms with Crippen LogP contribution in [0.2, 0.25) is 0 Å². The lowest BCUT2D eigenvalue weighted by molar-refractivity contribution is -0.394. The second kappa shape index (κ2) is 6.31. The largest absolute Gasteiger partial charge is 0.322 e. The van der Waals surface area contributed by atoms with Crippen molar-refractivity contribution in [3.63, 3.8) is 0 Å². The van der Waals surface area contributed by atoms with Gasteiger partial charge in [0.1, 0.15) is 5.56 Å². The van der Waals surface area contributed by atoms with E-state index in [9.17, 15) is 25.0 Å². The molecule has 2 rings (SSSR count). The lowest BCUT2D eigenvalue weighted by Gasteiger charge is -2.06. The fraction of sp³-hybridized carbons (Fsp3) is 0. The zero-order chi connectivity index (χ0) is 16.3. The monoisotopic (exact) mass is 365 g/mol. The standard InChI is InChI=1S/C13H8BrN3O5/c14-8-1-3-9(4-2-8)15-13(18)11-6-5-10(16(19)20)7-12(11)17(21)22/h1-7H,(H,15,18). The van der Waals surface area contributed by atoms with E-state index in [0.29, 0.717) is 5.69 Å². The number of anilines is 1. The summed E-state index contributed by atoms with van der Waals surface area (Å²) >= 11 is 3.24. The van der Waals surface area contributed by atoms with Gasteiger partial charge in [0.15, 0.2) is 0 Å². The van der Waals surface area contributed by atoms with E-state index in [1.807, 2.05) is 0 Å². The van der Waals surface area contributed by atoms with Crippen molar-refractivity contribution in [2.45, 2.75) is 0 Å². The maximum atomic E-state index is 12.1. The van der Waals surface area contributed by atoms with E-state index in [1.54, 1.807) is 24.3 Å². The van der Waals surface area contributed by atoms with Crippen molar-refractivity contribution >= 4 is 38.9 Å². The Hall–Kier alpha value is -2.81. The van der Waals surface area contributed by atoms with E-state index >= 15 is 0 Å². The van der Waals surface area contributed by atoms with Crippen molar-refractivity contribution in [2.75, 3.05) is 5.32 Å². The van der Waals surface area contributed by atoms with Crippen molar-refractivity contribution < 1.29 is 14.6 Å². The summed E-state index contributed by atoms with van der Waals surface area (Å²) < 4.78 is 0.812. The number of hydrogen-bond acceptors (Lipinski definition) is 5. The van der Waals surface area contributed by atoms with Gasteiger partial charge in [0.05, 0.1) is 15.9 Å². The lowest BCUT2D eigenvalue weighted by atomic mass is 10.1. The molecular weight excluding hydrogens is 358 g/mol. The number of halogens is 1. The van der Waals surface area contributed by atoms with Crippen LogP contribution < -0.4 is 5.32 Å². The molecule has 0 aromatic heterocycles. The van der Waals surface area contributed by atoms with Crippen molar-refractivity contribution in [1.82, 2.24) is 0 Å². The van der Waals surface area contributed by atoms with Crippen LogP contribution in [0.1, 0.15) is 10.4 Å². The second-order valence-corrected chi connectivity index (χ2v) is 5.09. The number of carbonyl (C=O) groups excluding carboxylic acids is 1. The zero-order valence-electron chi connectivity index (χ0n) is 10.9. The predicted octanol–water partition coefficient (Wildman–Crippen LogP) is 3.52. The molecular formula is C13H8BrN3O5. The molecule has 0 saturated carbocycles. The molecule has 0 fully saturated rings. The third-order valence-electron chi connectivity index (χ3n) is 2.74. The van der Waals surface area contributed by atoms with Crippen LogP contribution in [0.25, 0.3) is 0 Å². The Morgan fingerprint density at radius 3 is 2.18 bits per heavy atom. The Morgan fingerprint density at radius 1 is 1.00 bits per heavy atom. The molecule has 0 unspecified atom stereocenters. The smallest absolute Gasteiger partial charge is 0.289 e. The van der Waals surface area contributed by atoms with Gasteiger partial charge in [-0.1, -0.05) is 15.9 Å². The molecule has 1 amide bonds. The van der Waals surface area contributed by atoms with Gasteiger partial charge < -0.3 is 5.32 Å². The Bertz CT molecular complexity index is 761. The summed E-state index contributed by atoms with van der Waals surface area (Å²) in [6.07, 6.45) is 0. The number of non-ortho nitro benzene ring substituents is 1. The first-order chi connectivity index (χ1) is 10.4. The highest BCUT2D eigenvalue weighted by molar-refractivity contribution is 9.10. The Labute approximate surface area is 132 Å². The number of hydrogen-bond donors (Lipinski definition) is 1. The van der Waals surface area contributed by atoms with Crippen LogP contribution in [0.3, 0.4) is 0 Å². The first-order valence-electron chi connectivity index (χ1n) is 5.88. The van der Waals surface area contributed by atoms with Crippen LogP contribution in [0, 0.1) is 20.2 Å². The minimum absolute atomic E-state index is 0.251. The van der Waals surface area contributed by atoms with Crippen LogP contribution in [0.5, 0.6) is 0 Å². The topological polar surface area (TPSA) is 115 Å². The van der Waals surface area contributed by atoms with Crippen molar-refractivity contribution in [1.29, 1.82) is 0 Å². The number of nitro groups is 2. The van der Waals surface area contributed by atoms with E-state index in [2.05, 4.69) is 21.2 Å². The minimum atomic E-state index is -0.830. The van der Waals surface area contributed by atoms with E-state index in [4.69, 9.17) is 0 Å². The van der Waals surface area contributed by atoms with Gasteiger partial charge in [-0.2, -0.15) is 0 Å².